The van der Waals surface area contributed by atoms with Crippen LogP contribution in [-0.2, 0) is 17.8 Å². The van der Waals surface area contributed by atoms with Crippen molar-refractivity contribution < 1.29 is 4.74 Å². The summed E-state index contributed by atoms with van der Waals surface area (Å²) < 4.78 is 5.73. The fraction of sp³-hybridized carbons (Fsp3) is 0.667. The zero-order valence-corrected chi connectivity index (χ0v) is 13.3. The summed E-state index contributed by atoms with van der Waals surface area (Å²) in [5, 5.41) is 3.35. The van der Waals surface area contributed by atoms with Crippen LogP contribution in [0.15, 0.2) is 24.3 Å². The Morgan fingerprint density at radius 3 is 2.30 bits per heavy atom. The summed E-state index contributed by atoms with van der Waals surface area (Å²) in [6.07, 6.45) is 7.61. The van der Waals surface area contributed by atoms with Crippen molar-refractivity contribution in [1.82, 2.24) is 5.32 Å². The van der Waals surface area contributed by atoms with Crippen molar-refractivity contribution in [2.45, 2.75) is 59.0 Å². The topological polar surface area (TPSA) is 21.3 Å². The van der Waals surface area contributed by atoms with Crippen LogP contribution in [0.1, 0.15) is 57.1 Å². The van der Waals surface area contributed by atoms with Crippen molar-refractivity contribution in [3.8, 4) is 0 Å². The Morgan fingerprint density at radius 1 is 0.900 bits per heavy atom. The van der Waals surface area contributed by atoms with Crippen LogP contribution < -0.4 is 5.32 Å². The van der Waals surface area contributed by atoms with E-state index in [2.05, 4.69) is 43.4 Å². The number of hydrogen-bond donors (Lipinski definition) is 1. The van der Waals surface area contributed by atoms with Gasteiger partial charge in [-0.3, -0.25) is 0 Å². The lowest BCUT2D eigenvalue weighted by Gasteiger charge is -2.06. The standard InChI is InChI=1S/C18H31NO/c1-3-5-6-7-8-15-20-16-18-11-9-17(10-12-18)13-14-19-4-2/h9-12,19H,3-8,13-16H2,1-2H3. The van der Waals surface area contributed by atoms with E-state index in [4.69, 9.17) is 4.74 Å². The van der Waals surface area contributed by atoms with Gasteiger partial charge in [-0.05, 0) is 37.1 Å². The first-order valence-electron chi connectivity index (χ1n) is 8.23. The third-order valence-electron chi connectivity index (χ3n) is 3.52. The number of rotatable bonds is 12. The molecule has 2 heteroatoms. The van der Waals surface area contributed by atoms with Gasteiger partial charge in [0, 0.05) is 6.61 Å². The van der Waals surface area contributed by atoms with E-state index in [1.165, 1.54) is 43.2 Å². The molecular weight excluding hydrogens is 246 g/mol. The third-order valence-corrected chi connectivity index (χ3v) is 3.52. The Labute approximate surface area is 124 Å². The lowest BCUT2D eigenvalue weighted by molar-refractivity contribution is 0.116. The van der Waals surface area contributed by atoms with Gasteiger partial charge in [-0.25, -0.2) is 0 Å². The smallest absolute Gasteiger partial charge is 0.0716 e. The van der Waals surface area contributed by atoms with Gasteiger partial charge in [0.1, 0.15) is 0 Å². The average molecular weight is 277 g/mol. The first kappa shape index (κ1) is 17.2. The number of benzene rings is 1. The quantitative estimate of drug-likeness (QED) is 0.574. The van der Waals surface area contributed by atoms with Gasteiger partial charge in [-0.2, -0.15) is 0 Å². The number of ether oxygens (including phenoxy) is 1. The maximum Gasteiger partial charge on any atom is 0.0716 e. The van der Waals surface area contributed by atoms with E-state index in [0.717, 1.165) is 32.7 Å². The molecule has 0 aliphatic rings. The van der Waals surface area contributed by atoms with Gasteiger partial charge in [-0.1, -0.05) is 63.8 Å². The molecule has 1 aromatic carbocycles. The molecule has 1 rings (SSSR count). The van der Waals surface area contributed by atoms with Gasteiger partial charge < -0.3 is 10.1 Å². The molecule has 0 aliphatic carbocycles. The maximum atomic E-state index is 5.73. The van der Waals surface area contributed by atoms with Gasteiger partial charge >= 0.3 is 0 Å². The fourth-order valence-corrected chi connectivity index (χ4v) is 2.21. The van der Waals surface area contributed by atoms with E-state index in [9.17, 15) is 0 Å². The molecule has 114 valence electrons. The van der Waals surface area contributed by atoms with Crippen molar-refractivity contribution in [3.05, 3.63) is 35.4 Å². The van der Waals surface area contributed by atoms with E-state index < -0.39 is 0 Å². The molecule has 0 aliphatic heterocycles. The van der Waals surface area contributed by atoms with Crippen LogP contribution in [0, 0.1) is 0 Å². The molecule has 0 heterocycles. The summed E-state index contributed by atoms with van der Waals surface area (Å²) in [6, 6.07) is 8.82. The van der Waals surface area contributed by atoms with Gasteiger partial charge in [0.25, 0.3) is 0 Å². The normalized spacial score (nSPS) is 10.9. The maximum absolute atomic E-state index is 5.73. The van der Waals surface area contributed by atoms with E-state index >= 15 is 0 Å². The second kappa shape index (κ2) is 11.9. The SMILES string of the molecule is CCCCCCCOCc1ccc(CCNCC)cc1. The van der Waals surface area contributed by atoms with Gasteiger partial charge in [0.15, 0.2) is 0 Å². The minimum absolute atomic E-state index is 0.751. The average Bonchev–Trinajstić information content (AvgIpc) is 2.48. The molecule has 0 saturated heterocycles. The molecule has 0 fully saturated rings. The first-order chi connectivity index (χ1) is 9.86. The number of nitrogens with one attached hydrogen (secondary N) is 1. The van der Waals surface area contributed by atoms with Gasteiger partial charge in [0.2, 0.25) is 0 Å². The largest absolute Gasteiger partial charge is 0.377 e. The molecule has 0 unspecified atom stereocenters. The van der Waals surface area contributed by atoms with Crippen LogP contribution in [0.2, 0.25) is 0 Å². The predicted octanol–water partition coefficient (Wildman–Crippen LogP) is 4.33. The van der Waals surface area contributed by atoms with Crippen LogP contribution in [0.3, 0.4) is 0 Å². The summed E-state index contributed by atoms with van der Waals surface area (Å²) in [5.41, 5.74) is 2.68. The van der Waals surface area contributed by atoms with Crippen LogP contribution in [-0.4, -0.2) is 19.7 Å². The highest BCUT2D eigenvalue weighted by Crippen LogP contribution is 2.07. The molecule has 1 N–H and O–H groups in total. The summed E-state index contributed by atoms with van der Waals surface area (Å²) in [7, 11) is 0. The van der Waals surface area contributed by atoms with Crippen LogP contribution in [0.4, 0.5) is 0 Å². The lowest BCUT2D eigenvalue weighted by atomic mass is 10.1. The van der Waals surface area contributed by atoms with Crippen molar-refractivity contribution >= 4 is 0 Å². The van der Waals surface area contributed by atoms with Crippen LogP contribution >= 0.6 is 0 Å². The Balaban J connectivity index is 2.08. The predicted molar refractivity (Wildman–Crippen MR) is 87.1 cm³/mol. The van der Waals surface area contributed by atoms with Crippen molar-refractivity contribution in [2.75, 3.05) is 19.7 Å². The minimum Gasteiger partial charge on any atom is -0.377 e. The lowest BCUT2D eigenvalue weighted by Crippen LogP contribution is -2.15. The van der Waals surface area contributed by atoms with E-state index in [0.29, 0.717) is 0 Å². The Kier molecular flexibility index (Phi) is 10.3. The summed E-state index contributed by atoms with van der Waals surface area (Å²) in [5.74, 6) is 0. The highest BCUT2D eigenvalue weighted by atomic mass is 16.5. The van der Waals surface area contributed by atoms with Gasteiger partial charge in [-0.15, -0.1) is 0 Å². The highest BCUT2D eigenvalue weighted by molar-refractivity contribution is 5.22. The Morgan fingerprint density at radius 2 is 1.60 bits per heavy atom. The third kappa shape index (κ3) is 8.34. The zero-order valence-electron chi connectivity index (χ0n) is 13.3. The van der Waals surface area contributed by atoms with E-state index in [-0.39, 0.29) is 0 Å². The van der Waals surface area contributed by atoms with Crippen molar-refractivity contribution in [2.24, 2.45) is 0 Å². The molecule has 0 spiro atoms. The molecule has 20 heavy (non-hydrogen) atoms. The molecule has 0 bridgehead atoms. The Hall–Kier alpha value is -0.860. The summed E-state index contributed by atoms with van der Waals surface area (Å²) in [6.45, 7) is 8.14. The number of hydrogen-bond acceptors (Lipinski definition) is 2. The molecule has 0 aromatic heterocycles. The number of unbranched alkanes of at least 4 members (excludes halogenated alkanes) is 4. The second-order valence-corrected chi connectivity index (χ2v) is 5.39. The first-order valence-corrected chi connectivity index (χ1v) is 8.23. The Bertz CT molecular complexity index is 321. The molecule has 0 radical (unpaired) electrons. The molecule has 0 saturated carbocycles. The van der Waals surface area contributed by atoms with Crippen molar-refractivity contribution in [3.63, 3.8) is 0 Å². The van der Waals surface area contributed by atoms with Crippen LogP contribution in [0.25, 0.3) is 0 Å². The van der Waals surface area contributed by atoms with E-state index in [1.54, 1.807) is 0 Å². The molecular formula is C18H31NO. The highest BCUT2D eigenvalue weighted by Gasteiger charge is 1.96. The molecule has 0 amide bonds. The molecule has 2 nitrogen and oxygen atoms in total. The monoisotopic (exact) mass is 277 g/mol. The minimum atomic E-state index is 0.751. The summed E-state index contributed by atoms with van der Waals surface area (Å²) >= 11 is 0. The number of likely N-dealkylation sites (N-methyl/N-ethyl adjacent to an activating group) is 1. The van der Waals surface area contributed by atoms with Crippen molar-refractivity contribution in [1.29, 1.82) is 0 Å². The zero-order chi connectivity index (χ0) is 14.5. The fourth-order valence-electron chi connectivity index (χ4n) is 2.21. The van der Waals surface area contributed by atoms with Crippen LogP contribution in [0.5, 0.6) is 0 Å². The van der Waals surface area contributed by atoms with E-state index in [1.807, 2.05) is 0 Å². The summed E-state index contributed by atoms with van der Waals surface area (Å²) in [4.78, 5) is 0. The molecule has 1 aromatic rings. The van der Waals surface area contributed by atoms with Gasteiger partial charge in [0.05, 0.1) is 6.61 Å². The second-order valence-electron chi connectivity index (χ2n) is 5.39. The molecule has 0 atom stereocenters.